The zero-order valence-electron chi connectivity index (χ0n) is 7.46. The van der Waals surface area contributed by atoms with Gasteiger partial charge in [0.05, 0.1) is 0 Å². The maximum Gasteiger partial charge on any atom is 0.129 e. The first kappa shape index (κ1) is 8.51. The zero-order valence-corrected chi connectivity index (χ0v) is 7.46. The average Bonchev–Trinajstić information content (AvgIpc) is 1.99. The van der Waals surface area contributed by atoms with E-state index in [9.17, 15) is 4.39 Å². The quantitative estimate of drug-likeness (QED) is 0.701. The number of halogens is 1. The predicted octanol–water partition coefficient (Wildman–Crippen LogP) is 1.61. The maximum atomic E-state index is 13.3. The number of nitrogens with zero attached hydrogens (tertiary/aromatic N) is 1. The molecule has 2 rings (SSSR count). The van der Waals surface area contributed by atoms with E-state index in [0.717, 1.165) is 18.7 Å². The highest BCUT2D eigenvalue weighted by atomic mass is 19.1. The average molecular weight is 180 g/mol. The molecular weight excluding hydrogens is 167 g/mol. The third kappa shape index (κ3) is 1.80. The van der Waals surface area contributed by atoms with Gasteiger partial charge in [0.15, 0.2) is 0 Å². The van der Waals surface area contributed by atoms with Gasteiger partial charge in [0, 0.05) is 17.8 Å². The Labute approximate surface area is 77.2 Å². The van der Waals surface area contributed by atoms with Crippen LogP contribution >= 0.6 is 0 Å². The Hall–Kier alpha value is -1.09. The Morgan fingerprint density at radius 3 is 2.69 bits per heavy atom. The van der Waals surface area contributed by atoms with Crippen molar-refractivity contribution < 1.29 is 4.39 Å². The Kier molecular flexibility index (Phi) is 2.19. The fourth-order valence-corrected chi connectivity index (χ4v) is 1.47. The number of nitrogens with two attached hydrogens (primary N) is 1. The zero-order chi connectivity index (χ0) is 9.26. The number of anilines is 1. The van der Waals surface area contributed by atoms with Gasteiger partial charge in [-0.15, -0.1) is 0 Å². The summed E-state index contributed by atoms with van der Waals surface area (Å²) in [4.78, 5) is 2.22. The molecule has 1 aromatic carbocycles. The fraction of sp³-hybridized carbons (Fsp3) is 0.400. The molecule has 0 radical (unpaired) electrons. The second-order valence-corrected chi connectivity index (χ2v) is 3.48. The third-order valence-electron chi connectivity index (χ3n) is 2.42. The number of hydrogen-bond acceptors (Lipinski definition) is 2. The van der Waals surface area contributed by atoms with Crippen LogP contribution in [-0.2, 0) is 6.54 Å². The van der Waals surface area contributed by atoms with E-state index in [1.165, 1.54) is 12.5 Å². The molecule has 2 nitrogen and oxygen atoms in total. The molecule has 13 heavy (non-hydrogen) atoms. The smallest absolute Gasteiger partial charge is 0.129 e. The second kappa shape index (κ2) is 3.34. The molecule has 0 spiro atoms. The first-order valence-electron chi connectivity index (χ1n) is 4.52. The van der Waals surface area contributed by atoms with E-state index in [4.69, 9.17) is 5.73 Å². The Morgan fingerprint density at radius 1 is 1.38 bits per heavy atom. The first-order chi connectivity index (χ1) is 6.25. The van der Waals surface area contributed by atoms with E-state index in [1.54, 1.807) is 12.1 Å². The number of rotatable bonds is 2. The van der Waals surface area contributed by atoms with Gasteiger partial charge in [-0.25, -0.2) is 4.39 Å². The second-order valence-electron chi connectivity index (χ2n) is 3.48. The molecule has 1 saturated heterocycles. The summed E-state index contributed by atoms with van der Waals surface area (Å²) in [5, 5.41) is 0. The van der Waals surface area contributed by atoms with Crippen LogP contribution in [0.2, 0.25) is 0 Å². The summed E-state index contributed by atoms with van der Waals surface area (Å²) in [5.41, 5.74) is 6.69. The molecule has 0 aromatic heterocycles. The van der Waals surface area contributed by atoms with Crippen molar-refractivity contribution in [1.82, 2.24) is 4.90 Å². The highest BCUT2D eigenvalue weighted by Crippen LogP contribution is 2.16. The Balaban J connectivity index is 2.10. The normalized spacial score (nSPS) is 17.0. The minimum absolute atomic E-state index is 0.188. The molecule has 1 aliphatic heterocycles. The van der Waals surface area contributed by atoms with E-state index in [2.05, 4.69) is 4.90 Å². The van der Waals surface area contributed by atoms with Crippen LogP contribution in [0.5, 0.6) is 0 Å². The molecule has 3 heteroatoms. The van der Waals surface area contributed by atoms with Crippen molar-refractivity contribution in [3.05, 3.63) is 29.6 Å². The summed E-state index contributed by atoms with van der Waals surface area (Å²) in [6.07, 6.45) is 1.23. The van der Waals surface area contributed by atoms with Crippen LogP contribution in [-0.4, -0.2) is 18.0 Å². The van der Waals surface area contributed by atoms with Gasteiger partial charge < -0.3 is 5.73 Å². The van der Waals surface area contributed by atoms with Crippen LogP contribution in [0.4, 0.5) is 10.1 Å². The fourth-order valence-electron chi connectivity index (χ4n) is 1.47. The molecule has 0 unspecified atom stereocenters. The van der Waals surface area contributed by atoms with Gasteiger partial charge in [0.2, 0.25) is 0 Å². The Morgan fingerprint density at radius 2 is 2.15 bits per heavy atom. The largest absolute Gasteiger partial charge is 0.399 e. The standard InChI is InChI=1S/C10H13FN2/c11-10-6-9(12)3-2-8(10)7-13-4-1-5-13/h2-3,6H,1,4-5,7,12H2. The predicted molar refractivity (Wildman–Crippen MR) is 50.7 cm³/mol. The van der Waals surface area contributed by atoms with E-state index in [1.807, 2.05) is 0 Å². The monoisotopic (exact) mass is 180 g/mol. The first-order valence-corrected chi connectivity index (χ1v) is 4.52. The van der Waals surface area contributed by atoms with Crippen LogP contribution in [0.15, 0.2) is 18.2 Å². The molecular formula is C10H13FN2. The Bertz CT molecular complexity index is 308. The minimum atomic E-state index is -0.188. The van der Waals surface area contributed by atoms with Crippen molar-refractivity contribution >= 4 is 5.69 Å². The highest BCUT2D eigenvalue weighted by molar-refractivity contribution is 5.40. The summed E-state index contributed by atoms with van der Waals surface area (Å²) in [6.45, 7) is 2.89. The van der Waals surface area contributed by atoms with Gasteiger partial charge in [0.1, 0.15) is 5.82 Å². The van der Waals surface area contributed by atoms with Gasteiger partial charge in [0.25, 0.3) is 0 Å². The number of likely N-dealkylation sites (tertiary alicyclic amines) is 1. The lowest BCUT2D eigenvalue weighted by molar-refractivity contribution is 0.170. The van der Waals surface area contributed by atoms with Gasteiger partial charge in [-0.2, -0.15) is 0 Å². The van der Waals surface area contributed by atoms with Crippen molar-refractivity contribution in [2.24, 2.45) is 0 Å². The van der Waals surface area contributed by atoms with Crippen molar-refractivity contribution in [1.29, 1.82) is 0 Å². The molecule has 1 fully saturated rings. The molecule has 0 aliphatic carbocycles. The molecule has 1 heterocycles. The molecule has 2 N–H and O–H groups in total. The lowest BCUT2D eigenvalue weighted by Gasteiger charge is -2.30. The maximum absolute atomic E-state index is 13.3. The van der Waals surface area contributed by atoms with Crippen molar-refractivity contribution in [3.8, 4) is 0 Å². The van der Waals surface area contributed by atoms with E-state index in [0.29, 0.717) is 12.2 Å². The molecule has 1 aliphatic rings. The molecule has 0 saturated carbocycles. The molecule has 1 aromatic rings. The number of nitrogen functional groups attached to an aromatic ring is 1. The summed E-state index contributed by atoms with van der Waals surface area (Å²) < 4.78 is 13.3. The van der Waals surface area contributed by atoms with Crippen LogP contribution in [0.25, 0.3) is 0 Å². The molecule has 70 valence electrons. The van der Waals surface area contributed by atoms with Gasteiger partial charge in [-0.3, -0.25) is 4.90 Å². The van der Waals surface area contributed by atoms with Crippen molar-refractivity contribution in [2.45, 2.75) is 13.0 Å². The highest BCUT2D eigenvalue weighted by Gasteiger charge is 2.15. The van der Waals surface area contributed by atoms with Crippen molar-refractivity contribution in [2.75, 3.05) is 18.8 Å². The third-order valence-corrected chi connectivity index (χ3v) is 2.42. The lowest BCUT2D eigenvalue weighted by atomic mass is 10.1. The van der Waals surface area contributed by atoms with Crippen molar-refractivity contribution in [3.63, 3.8) is 0 Å². The van der Waals surface area contributed by atoms with Crippen LogP contribution in [0, 0.1) is 5.82 Å². The summed E-state index contributed by atoms with van der Waals surface area (Å²) >= 11 is 0. The summed E-state index contributed by atoms with van der Waals surface area (Å²) in [5.74, 6) is -0.188. The topological polar surface area (TPSA) is 29.3 Å². The minimum Gasteiger partial charge on any atom is -0.399 e. The summed E-state index contributed by atoms with van der Waals surface area (Å²) in [6, 6.07) is 4.90. The van der Waals surface area contributed by atoms with Gasteiger partial charge in [-0.05, 0) is 31.6 Å². The number of benzene rings is 1. The van der Waals surface area contributed by atoms with E-state index >= 15 is 0 Å². The van der Waals surface area contributed by atoms with E-state index in [-0.39, 0.29) is 5.82 Å². The molecule has 0 amide bonds. The van der Waals surface area contributed by atoms with E-state index < -0.39 is 0 Å². The molecule has 0 bridgehead atoms. The molecule has 0 atom stereocenters. The van der Waals surface area contributed by atoms with Crippen LogP contribution in [0.3, 0.4) is 0 Å². The summed E-state index contributed by atoms with van der Waals surface area (Å²) in [7, 11) is 0. The van der Waals surface area contributed by atoms with Crippen LogP contribution in [0.1, 0.15) is 12.0 Å². The SMILES string of the molecule is Nc1ccc(CN2CCC2)c(F)c1. The van der Waals surface area contributed by atoms with Gasteiger partial charge in [-0.1, -0.05) is 6.07 Å². The number of hydrogen-bond donors (Lipinski definition) is 1. The van der Waals surface area contributed by atoms with Gasteiger partial charge >= 0.3 is 0 Å². The van der Waals surface area contributed by atoms with Crippen LogP contribution < -0.4 is 5.73 Å². The lowest BCUT2D eigenvalue weighted by Crippen LogP contribution is -2.36.